The number of hydrogen-bond donors (Lipinski definition) is 0. The molecular weight excluding hydrogens is 322 g/mol. The highest BCUT2D eigenvalue weighted by atomic mass is 16.5. The van der Waals surface area contributed by atoms with Gasteiger partial charge < -0.3 is 13.7 Å². The van der Waals surface area contributed by atoms with Crippen molar-refractivity contribution < 1.29 is 13.7 Å². The molecule has 0 saturated heterocycles. The van der Waals surface area contributed by atoms with Crippen LogP contribution in [0.15, 0.2) is 57.7 Å². The zero-order valence-corrected chi connectivity index (χ0v) is 13.3. The minimum absolute atomic E-state index is 0.260. The first-order chi connectivity index (χ1) is 12.3. The summed E-state index contributed by atoms with van der Waals surface area (Å²) in [7, 11) is 1.62. The first kappa shape index (κ1) is 15.0. The van der Waals surface area contributed by atoms with Crippen molar-refractivity contribution in [3.05, 3.63) is 60.6 Å². The highest BCUT2D eigenvalue weighted by Crippen LogP contribution is 2.22. The van der Waals surface area contributed by atoms with Gasteiger partial charge in [0.15, 0.2) is 0 Å². The van der Waals surface area contributed by atoms with E-state index in [1.807, 2.05) is 36.4 Å². The molecule has 0 saturated carbocycles. The summed E-state index contributed by atoms with van der Waals surface area (Å²) in [6.45, 7) is 0. The van der Waals surface area contributed by atoms with Gasteiger partial charge in [-0.1, -0.05) is 5.16 Å². The average Bonchev–Trinajstić information content (AvgIpc) is 3.33. The second kappa shape index (κ2) is 6.52. The van der Waals surface area contributed by atoms with E-state index in [0.29, 0.717) is 23.5 Å². The van der Waals surface area contributed by atoms with E-state index in [4.69, 9.17) is 13.7 Å². The maximum Gasteiger partial charge on any atom is 0.247 e. The van der Waals surface area contributed by atoms with E-state index >= 15 is 0 Å². The Labute approximate surface area is 142 Å². The number of hydrogen-bond acceptors (Lipinski definition) is 8. The molecule has 0 aliphatic heterocycles. The molecule has 0 fully saturated rings. The van der Waals surface area contributed by atoms with Gasteiger partial charge in [0.1, 0.15) is 12.2 Å². The Morgan fingerprint density at radius 1 is 1.00 bits per heavy atom. The third-order valence-corrected chi connectivity index (χ3v) is 3.49. The second-order valence-corrected chi connectivity index (χ2v) is 5.16. The molecule has 4 rings (SSSR count). The molecule has 0 N–H and O–H groups in total. The van der Waals surface area contributed by atoms with Gasteiger partial charge in [-0.15, -0.1) is 10.2 Å². The number of methoxy groups -OCH3 is 1. The molecule has 1 aromatic carbocycles. The zero-order chi connectivity index (χ0) is 17.1. The van der Waals surface area contributed by atoms with Gasteiger partial charge in [0.2, 0.25) is 23.5 Å². The van der Waals surface area contributed by atoms with Gasteiger partial charge in [-0.25, -0.2) is 0 Å². The van der Waals surface area contributed by atoms with Gasteiger partial charge >= 0.3 is 0 Å². The van der Waals surface area contributed by atoms with E-state index in [9.17, 15) is 0 Å². The van der Waals surface area contributed by atoms with Crippen molar-refractivity contribution in [2.24, 2.45) is 0 Å². The van der Waals surface area contributed by atoms with Gasteiger partial charge in [0, 0.05) is 23.5 Å². The van der Waals surface area contributed by atoms with Gasteiger partial charge in [-0.2, -0.15) is 4.98 Å². The molecule has 8 nitrogen and oxygen atoms in total. The molecule has 25 heavy (non-hydrogen) atoms. The van der Waals surface area contributed by atoms with Crippen molar-refractivity contribution in [3.63, 3.8) is 0 Å². The summed E-state index contributed by atoms with van der Waals surface area (Å²) in [6, 6.07) is 11.0. The van der Waals surface area contributed by atoms with Gasteiger partial charge in [0.25, 0.3) is 0 Å². The smallest absolute Gasteiger partial charge is 0.247 e. The first-order valence-corrected chi connectivity index (χ1v) is 7.51. The molecule has 0 radical (unpaired) electrons. The number of pyridine rings is 1. The molecular formula is C17H13N5O3. The van der Waals surface area contributed by atoms with Crippen LogP contribution in [0.2, 0.25) is 0 Å². The standard InChI is InChI=1S/C17H13N5O3/c1-23-13-6-4-11(5-7-13)17-21-20-15(24-17)9-14-19-16(22-25-14)12-3-2-8-18-10-12/h2-8,10H,9H2,1H3. The quantitative estimate of drug-likeness (QED) is 0.549. The molecule has 0 aliphatic rings. The molecule has 0 unspecified atom stereocenters. The fourth-order valence-electron chi connectivity index (χ4n) is 2.24. The van der Waals surface area contributed by atoms with E-state index in [0.717, 1.165) is 16.9 Å². The van der Waals surface area contributed by atoms with Gasteiger partial charge in [-0.05, 0) is 36.4 Å². The Balaban J connectivity index is 1.50. The van der Waals surface area contributed by atoms with Crippen LogP contribution in [-0.2, 0) is 6.42 Å². The summed E-state index contributed by atoms with van der Waals surface area (Å²) in [6.07, 6.45) is 3.61. The van der Waals surface area contributed by atoms with Gasteiger partial charge in [-0.3, -0.25) is 4.98 Å². The van der Waals surface area contributed by atoms with E-state index < -0.39 is 0 Å². The molecule has 0 spiro atoms. The summed E-state index contributed by atoms with van der Waals surface area (Å²) < 4.78 is 16.0. The molecule has 0 aliphatic carbocycles. The Kier molecular flexibility index (Phi) is 3.91. The molecule has 3 heterocycles. The van der Waals surface area contributed by atoms with E-state index in [1.165, 1.54) is 0 Å². The fraction of sp³-hybridized carbons (Fsp3) is 0.118. The molecule has 124 valence electrons. The van der Waals surface area contributed by atoms with Crippen LogP contribution in [0.3, 0.4) is 0 Å². The summed E-state index contributed by atoms with van der Waals surface area (Å²) in [4.78, 5) is 8.35. The lowest BCUT2D eigenvalue weighted by molar-refractivity contribution is 0.374. The molecule has 0 atom stereocenters. The molecule has 4 aromatic rings. The Bertz CT molecular complexity index is 963. The molecule has 3 aromatic heterocycles. The summed E-state index contributed by atoms with van der Waals surface area (Å²) in [5, 5.41) is 12.0. The van der Waals surface area contributed by atoms with Crippen LogP contribution in [0.4, 0.5) is 0 Å². The van der Waals surface area contributed by atoms with Crippen LogP contribution >= 0.6 is 0 Å². The predicted octanol–water partition coefficient (Wildman–Crippen LogP) is 2.78. The number of aromatic nitrogens is 5. The maximum atomic E-state index is 5.66. The van der Waals surface area contributed by atoms with Crippen molar-refractivity contribution >= 4 is 0 Å². The van der Waals surface area contributed by atoms with Crippen molar-refractivity contribution in [1.82, 2.24) is 25.3 Å². The van der Waals surface area contributed by atoms with Crippen molar-refractivity contribution in [2.75, 3.05) is 7.11 Å². The molecule has 0 amide bonds. The van der Waals surface area contributed by atoms with E-state index in [2.05, 4.69) is 25.3 Å². The second-order valence-electron chi connectivity index (χ2n) is 5.16. The molecule has 8 heteroatoms. The van der Waals surface area contributed by atoms with Crippen LogP contribution in [0, 0.1) is 0 Å². The maximum absolute atomic E-state index is 5.66. The fourth-order valence-corrected chi connectivity index (χ4v) is 2.24. The third kappa shape index (κ3) is 3.23. The number of ether oxygens (including phenoxy) is 1. The largest absolute Gasteiger partial charge is 0.497 e. The van der Waals surface area contributed by atoms with Crippen molar-refractivity contribution in [2.45, 2.75) is 6.42 Å². The number of benzene rings is 1. The zero-order valence-electron chi connectivity index (χ0n) is 13.3. The van der Waals surface area contributed by atoms with Crippen LogP contribution < -0.4 is 4.74 Å². The number of rotatable bonds is 5. The van der Waals surface area contributed by atoms with Crippen molar-refractivity contribution in [3.8, 4) is 28.6 Å². The van der Waals surface area contributed by atoms with Crippen molar-refractivity contribution in [1.29, 1.82) is 0 Å². The lowest BCUT2D eigenvalue weighted by Crippen LogP contribution is -1.89. The Morgan fingerprint density at radius 2 is 1.88 bits per heavy atom. The summed E-state index contributed by atoms with van der Waals surface area (Å²) in [5.74, 6) is 2.44. The predicted molar refractivity (Wildman–Crippen MR) is 86.6 cm³/mol. The first-order valence-electron chi connectivity index (χ1n) is 7.51. The van der Waals surface area contributed by atoms with E-state index in [1.54, 1.807) is 19.5 Å². The topological polar surface area (TPSA) is 100.0 Å². The minimum Gasteiger partial charge on any atom is -0.497 e. The summed E-state index contributed by atoms with van der Waals surface area (Å²) >= 11 is 0. The lowest BCUT2D eigenvalue weighted by Gasteiger charge is -1.99. The van der Waals surface area contributed by atoms with Crippen LogP contribution in [0.25, 0.3) is 22.8 Å². The highest BCUT2D eigenvalue weighted by molar-refractivity contribution is 5.54. The monoisotopic (exact) mass is 335 g/mol. The molecule has 0 bridgehead atoms. The highest BCUT2D eigenvalue weighted by Gasteiger charge is 2.14. The average molecular weight is 335 g/mol. The van der Waals surface area contributed by atoms with Crippen LogP contribution in [0.5, 0.6) is 5.75 Å². The van der Waals surface area contributed by atoms with Gasteiger partial charge in [0.05, 0.1) is 7.11 Å². The summed E-state index contributed by atoms with van der Waals surface area (Å²) in [5.41, 5.74) is 1.59. The lowest BCUT2D eigenvalue weighted by atomic mass is 10.2. The van der Waals surface area contributed by atoms with Crippen LogP contribution in [-0.4, -0.2) is 32.4 Å². The Hall–Kier alpha value is -3.55. The van der Waals surface area contributed by atoms with Crippen LogP contribution in [0.1, 0.15) is 11.8 Å². The normalized spacial score (nSPS) is 10.8. The minimum atomic E-state index is 0.260. The van der Waals surface area contributed by atoms with E-state index in [-0.39, 0.29) is 6.42 Å². The number of nitrogens with zero attached hydrogens (tertiary/aromatic N) is 5. The SMILES string of the molecule is COc1ccc(-c2nnc(Cc3nc(-c4cccnc4)no3)o2)cc1. The Morgan fingerprint density at radius 3 is 2.64 bits per heavy atom. The third-order valence-electron chi connectivity index (χ3n) is 3.49.